The third kappa shape index (κ3) is 2.94. The molecule has 0 spiro atoms. The average Bonchev–Trinajstić information content (AvgIpc) is 3.39. The molecule has 0 saturated carbocycles. The van der Waals surface area contributed by atoms with Crippen LogP contribution in [0.25, 0.3) is 15.3 Å². The average molecular weight is 378 g/mol. The fourth-order valence-corrected chi connectivity index (χ4v) is 4.53. The summed E-state index contributed by atoms with van der Waals surface area (Å²) in [6.45, 7) is 1.89. The lowest BCUT2D eigenvalue weighted by atomic mass is 9.92. The molecule has 0 unspecified atom stereocenters. The number of benzene rings is 1. The minimum atomic E-state index is -0.308. The molecule has 3 aromatic heterocycles. The molecule has 1 N–H and O–H groups in total. The van der Waals surface area contributed by atoms with Gasteiger partial charge < -0.3 is 9.73 Å². The first kappa shape index (κ1) is 16.3. The number of nitrogens with one attached hydrogen (secondary N) is 1. The SMILES string of the molecule is Cc1cc(NC(=O)c2ccco2)n(-c2nc3cc4c(cc3s2)CCCC4)n1. The van der Waals surface area contributed by atoms with Crippen molar-refractivity contribution in [2.75, 3.05) is 5.32 Å². The van der Waals surface area contributed by atoms with E-state index in [9.17, 15) is 4.79 Å². The van der Waals surface area contributed by atoms with Crippen molar-refractivity contribution in [3.63, 3.8) is 0 Å². The molecule has 0 bridgehead atoms. The third-order valence-electron chi connectivity index (χ3n) is 4.84. The molecular formula is C20H18N4O2S. The summed E-state index contributed by atoms with van der Waals surface area (Å²) in [5, 5.41) is 8.14. The van der Waals surface area contributed by atoms with Crippen molar-refractivity contribution < 1.29 is 9.21 Å². The summed E-state index contributed by atoms with van der Waals surface area (Å²) in [5.74, 6) is 0.535. The van der Waals surface area contributed by atoms with Crippen LogP contribution in [-0.4, -0.2) is 20.7 Å². The van der Waals surface area contributed by atoms with E-state index in [1.807, 2.05) is 13.0 Å². The van der Waals surface area contributed by atoms with Crippen LogP contribution >= 0.6 is 11.3 Å². The van der Waals surface area contributed by atoms with Gasteiger partial charge in [0.15, 0.2) is 5.76 Å². The molecule has 3 heterocycles. The van der Waals surface area contributed by atoms with E-state index in [0.717, 1.165) is 33.9 Å². The largest absolute Gasteiger partial charge is 0.459 e. The van der Waals surface area contributed by atoms with E-state index in [4.69, 9.17) is 9.40 Å². The molecule has 0 atom stereocenters. The molecule has 1 aliphatic rings. The van der Waals surface area contributed by atoms with E-state index in [2.05, 4.69) is 22.5 Å². The Morgan fingerprint density at radius 3 is 2.81 bits per heavy atom. The number of amides is 1. The van der Waals surface area contributed by atoms with Gasteiger partial charge in [-0.2, -0.15) is 9.78 Å². The number of aryl methyl sites for hydroxylation is 3. The van der Waals surface area contributed by atoms with Crippen LogP contribution < -0.4 is 5.32 Å². The lowest BCUT2D eigenvalue weighted by Crippen LogP contribution is -2.14. The van der Waals surface area contributed by atoms with Crippen LogP contribution in [-0.2, 0) is 12.8 Å². The van der Waals surface area contributed by atoms with Gasteiger partial charge in [-0.15, -0.1) is 0 Å². The number of carbonyl (C=O) groups is 1. The van der Waals surface area contributed by atoms with Crippen molar-refractivity contribution in [2.24, 2.45) is 0 Å². The first-order valence-corrected chi connectivity index (χ1v) is 9.83. The van der Waals surface area contributed by atoms with Crippen molar-refractivity contribution in [3.8, 4) is 5.13 Å². The van der Waals surface area contributed by atoms with Gasteiger partial charge in [-0.3, -0.25) is 4.79 Å². The van der Waals surface area contributed by atoms with Gasteiger partial charge in [0.1, 0.15) is 5.82 Å². The van der Waals surface area contributed by atoms with Crippen molar-refractivity contribution in [2.45, 2.75) is 32.6 Å². The summed E-state index contributed by atoms with van der Waals surface area (Å²) < 4.78 is 8.02. The Balaban J connectivity index is 1.53. The van der Waals surface area contributed by atoms with Crippen LogP contribution in [0, 0.1) is 6.92 Å². The number of fused-ring (bicyclic) bond motifs is 2. The summed E-state index contributed by atoms with van der Waals surface area (Å²) in [5.41, 5.74) is 4.65. The highest BCUT2D eigenvalue weighted by atomic mass is 32.1. The van der Waals surface area contributed by atoms with E-state index >= 15 is 0 Å². The van der Waals surface area contributed by atoms with Gasteiger partial charge in [-0.1, -0.05) is 11.3 Å². The van der Waals surface area contributed by atoms with Gasteiger partial charge in [0.05, 0.1) is 22.2 Å². The van der Waals surface area contributed by atoms with Crippen LogP contribution in [0.1, 0.15) is 40.2 Å². The minimum absolute atomic E-state index is 0.261. The van der Waals surface area contributed by atoms with Crippen LogP contribution in [0.4, 0.5) is 5.82 Å². The highest BCUT2D eigenvalue weighted by Crippen LogP contribution is 2.32. The molecule has 1 amide bonds. The van der Waals surface area contributed by atoms with Gasteiger partial charge in [0.2, 0.25) is 5.13 Å². The molecule has 1 aromatic carbocycles. The molecule has 6 nitrogen and oxygen atoms in total. The second-order valence-corrected chi connectivity index (χ2v) is 7.82. The second-order valence-electron chi connectivity index (χ2n) is 6.81. The number of thiazole rings is 1. The minimum Gasteiger partial charge on any atom is -0.459 e. The van der Waals surface area contributed by atoms with Crippen LogP contribution in [0.2, 0.25) is 0 Å². The van der Waals surface area contributed by atoms with E-state index < -0.39 is 0 Å². The first-order chi connectivity index (χ1) is 13.2. The number of rotatable bonds is 3. The van der Waals surface area contributed by atoms with E-state index in [1.54, 1.807) is 28.2 Å². The first-order valence-electron chi connectivity index (χ1n) is 9.01. The highest BCUT2D eigenvalue weighted by molar-refractivity contribution is 7.20. The Morgan fingerprint density at radius 1 is 1.22 bits per heavy atom. The number of anilines is 1. The zero-order valence-electron chi connectivity index (χ0n) is 14.9. The number of carbonyl (C=O) groups excluding carboxylic acids is 1. The van der Waals surface area contributed by atoms with Crippen LogP contribution in [0.3, 0.4) is 0 Å². The zero-order valence-corrected chi connectivity index (χ0v) is 15.7. The molecule has 0 fully saturated rings. The molecule has 27 heavy (non-hydrogen) atoms. The molecular weight excluding hydrogens is 360 g/mol. The second kappa shape index (κ2) is 6.35. The van der Waals surface area contributed by atoms with Gasteiger partial charge >= 0.3 is 0 Å². The van der Waals surface area contributed by atoms with Gasteiger partial charge in [0.25, 0.3) is 5.91 Å². The number of hydrogen-bond donors (Lipinski definition) is 1. The molecule has 5 rings (SSSR count). The van der Waals surface area contributed by atoms with Crippen molar-refractivity contribution in [1.29, 1.82) is 0 Å². The quantitative estimate of drug-likeness (QED) is 0.569. The fraction of sp³-hybridized carbons (Fsp3) is 0.250. The Labute approximate surface area is 159 Å². The predicted molar refractivity (Wildman–Crippen MR) is 105 cm³/mol. The fourth-order valence-electron chi connectivity index (χ4n) is 3.55. The monoisotopic (exact) mass is 378 g/mol. The Bertz CT molecular complexity index is 1100. The van der Waals surface area contributed by atoms with Crippen molar-refractivity contribution in [3.05, 3.63) is 59.2 Å². The van der Waals surface area contributed by atoms with Crippen molar-refractivity contribution >= 4 is 33.3 Å². The smallest absolute Gasteiger partial charge is 0.292 e. The normalized spacial score (nSPS) is 13.7. The molecule has 136 valence electrons. The molecule has 0 saturated heterocycles. The molecule has 7 heteroatoms. The van der Waals surface area contributed by atoms with Crippen LogP contribution in [0.5, 0.6) is 0 Å². The lowest BCUT2D eigenvalue weighted by Gasteiger charge is -2.14. The highest BCUT2D eigenvalue weighted by Gasteiger charge is 2.18. The van der Waals surface area contributed by atoms with Crippen molar-refractivity contribution in [1.82, 2.24) is 14.8 Å². The summed E-state index contributed by atoms with van der Waals surface area (Å²) in [4.78, 5) is 17.1. The molecule has 0 radical (unpaired) electrons. The topological polar surface area (TPSA) is 73.0 Å². The predicted octanol–water partition coefficient (Wildman–Crippen LogP) is 4.51. The van der Waals surface area contributed by atoms with E-state index in [0.29, 0.717) is 5.82 Å². The Hall–Kier alpha value is -2.93. The summed E-state index contributed by atoms with van der Waals surface area (Å²) in [6, 6.07) is 9.62. The Kier molecular flexibility index (Phi) is 3.82. The number of nitrogens with zero attached hydrogens (tertiary/aromatic N) is 3. The van der Waals surface area contributed by atoms with Gasteiger partial charge in [-0.05, 0) is 68.0 Å². The maximum atomic E-state index is 12.4. The van der Waals surface area contributed by atoms with E-state index in [1.165, 1.54) is 30.2 Å². The zero-order chi connectivity index (χ0) is 18.4. The third-order valence-corrected chi connectivity index (χ3v) is 5.83. The summed E-state index contributed by atoms with van der Waals surface area (Å²) in [7, 11) is 0. The summed E-state index contributed by atoms with van der Waals surface area (Å²) in [6.07, 6.45) is 6.25. The summed E-state index contributed by atoms with van der Waals surface area (Å²) >= 11 is 1.59. The van der Waals surface area contributed by atoms with Gasteiger partial charge in [-0.25, -0.2) is 4.98 Å². The molecule has 0 aliphatic heterocycles. The maximum Gasteiger partial charge on any atom is 0.292 e. The maximum absolute atomic E-state index is 12.4. The van der Waals surface area contributed by atoms with Gasteiger partial charge in [0, 0.05) is 6.07 Å². The Morgan fingerprint density at radius 2 is 2.04 bits per heavy atom. The van der Waals surface area contributed by atoms with Crippen LogP contribution in [0.15, 0.2) is 41.0 Å². The number of hydrogen-bond acceptors (Lipinski definition) is 5. The van der Waals surface area contributed by atoms with E-state index in [-0.39, 0.29) is 11.7 Å². The lowest BCUT2D eigenvalue weighted by molar-refractivity contribution is 0.0996. The molecule has 1 aliphatic carbocycles. The molecule has 4 aromatic rings. The number of furan rings is 1. The number of aromatic nitrogens is 3. The standard InChI is InChI=1S/C20H18N4O2S/c1-12-9-18(22-19(25)16-7-4-8-26-16)24(23-12)20-21-15-10-13-5-2-3-6-14(13)11-17(15)27-20/h4,7-11H,2-3,5-6H2,1H3,(H,22,25).